The molecule has 20 heavy (non-hydrogen) atoms. The Balaban J connectivity index is 2.03. The third kappa shape index (κ3) is 3.60. The molecule has 0 bridgehead atoms. The van der Waals surface area contributed by atoms with Gasteiger partial charge in [-0.3, -0.25) is 0 Å². The van der Waals surface area contributed by atoms with E-state index in [4.69, 9.17) is 9.94 Å². The smallest absolute Gasteiger partial charge is 0.120 e. The average molecular weight is 269 g/mol. The number of hydrogen-bond donors (Lipinski definition) is 1. The molecule has 0 saturated carbocycles. The van der Waals surface area contributed by atoms with E-state index in [1.807, 2.05) is 24.3 Å². The van der Waals surface area contributed by atoms with Gasteiger partial charge in [0, 0.05) is 5.56 Å². The molecule has 3 nitrogen and oxygen atoms in total. The molecule has 2 aromatic carbocycles. The summed E-state index contributed by atoms with van der Waals surface area (Å²) in [5.41, 5.74) is 3.89. The molecule has 104 valence electrons. The number of hydrogen-bond acceptors (Lipinski definition) is 3. The lowest BCUT2D eigenvalue weighted by molar-refractivity contribution is 0.306. The number of nitrogens with zero attached hydrogens (tertiary/aromatic N) is 1. The van der Waals surface area contributed by atoms with E-state index >= 15 is 0 Å². The first-order chi connectivity index (χ1) is 9.72. The highest BCUT2D eigenvalue weighted by atomic mass is 16.5. The van der Waals surface area contributed by atoms with Gasteiger partial charge in [-0.05, 0) is 36.6 Å². The highest BCUT2D eigenvalue weighted by Gasteiger charge is 2.01. The van der Waals surface area contributed by atoms with Crippen molar-refractivity contribution >= 4 is 5.71 Å². The molecule has 0 radical (unpaired) electrons. The predicted octanol–water partition coefficient (Wildman–Crippen LogP) is 4.03. The van der Waals surface area contributed by atoms with Gasteiger partial charge in [-0.2, -0.15) is 0 Å². The minimum atomic E-state index is 0.531. The van der Waals surface area contributed by atoms with Crippen LogP contribution in [0.4, 0.5) is 0 Å². The third-order valence-electron chi connectivity index (χ3n) is 3.24. The van der Waals surface area contributed by atoms with E-state index in [9.17, 15) is 0 Å². The number of oxime groups is 1. The second-order valence-electron chi connectivity index (χ2n) is 4.67. The van der Waals surface area contributed by atoms with Gasteiger partial charge in [-0.1, -0.05) is 48.5 Å². The van der Waals surface area contributed by atoms with Gasteiger partial charge in [0.25, 0.3) is 0 Å². The molecule has 3 heteroatoms. The molecule has 0 saturated heterocycles. The Hall–Kier alpha value is -2.29. The lowest BCUT2D eigenvalue weighted by Gasteiger charge is -2.08. The molecule has 0 atom stereocenters. The van der Waals surface area contributed by atoms with Crippen molar-refractivity contribution in [2.75, 3.05) is 0 Å². The summed E-state index contributed by atoms with van der Waals surface area (Å²) in [4.78, 5) is 0. The van der Waals surface area contributed by atoms with E-state index in [2.05, 4.69) is 36.3 Å². The molecular formula is C17H19NO2. The SMILES string of the molecule is CCc1ccc(COc2cccc(/C(C)=N/O)c2)cc1. The molecule has 0 fully saturated rings. The van der Waals surface area contributed by atoms with Gasteiger partial charge >= 0.3 is 0 Å². The first-order valence-electron chi connectivity index (χ1n) is 6.72. The Labute approximate surface area is 119 Å². The maximum absolute atomic E-state index is 8.78. The minimum Gasteiger partial charge on any atom is -0.489 e. The molecule has 0 aliphatic rings. The van der Waals surface area contributed by atoms with E-state index in [1.165, 1.54) is 5.56 Å². The Morgan fingerprint density at radius 2 is 1.80 bits per heavy atom. The van der Waals surface area contributed by atoms with Crippen molar-refractivity contribution in [2.24, 2.45) is 5.16 Å². The summed E-state index contributed by atoms with van der Waals surface area (Å²) in [6.07, 6.45) is 1.04. The number of aryl methyl sites for hydroxylation is 1. The van der Waals surface area contributed by atoms with Crippen molar-refractivity contribution < 1.29 is 9.94 Å². The largest absolute Gasteiger partial charge is 0.489 e. The van der Waals surface area contributed by atoms with E-state index < -0.39 is 0 Å². The summed E-state index contributed by atoms with van der Waals surface area (Å²) in [7, 11) is 0. The number of benzene rings is 2. The van der Waals surface area contributed by atoms with E-state index in [0.29, 0.717) is 12.3 Å². The van der Waals surface area contributed by atoms with Crippen molar-refractivity contribution in [3.8, 4) is 5.75 Å². The topological polar surface area (TPSA) is 41.8 Å². The van der Waals surface area contributed by atoms with Gasteiger partial charge in [0.2, 0.25) is 0 Å². The molecule has 0 aromatic heterocycles. The summed E-state index contributed by atoms with van der Waals surface area (Å²) >= 11 is 0. The number of rotatable bonds is 5. The fraction of sp³-hybridized carbons (Fsp3) is 0.235. The van der Waals surface area contributed by atoms with Crippen molar-refractivity contribution in [1.82, 2.24) is 0 Å². The van der Waals surface area contributed by atoms with Crippen molar-refractivity contribution in [3.63, 3.8) is 0 Å². The van der Waals surface area contributed by atoms with E-state index in [1.54, 1.807) is 6.92 Å². The van der Waals surface area contributed by atoms with Gasteiger partial charge in [-0.15, -0.1) is 0 Å². The van der Waals surface area contributed by atoms with Crippen molar-refractivity contribution in [3.05, 3.63) is 65.2 Å². The monoisotopic (exact) mass is 269 g/mol. The Morgan fingerprint density at radius 1 is 1.10 bits per heavy atom. The van der Waals surface area contributed by atoms with Crippen LogP contribution in [0.25, 0.3) is 0 Å². The maximum Gasteiger partial charge on any atom is 0.120 e. The van der Waals surface area contributed by atoms with Crippen LogP contribution >= 0.6 is 0 Å². The van der Waals surface area contributed by atoms with Crippen LogP contribution in [0.15, 0.2) is 53.7 Å². The molecule has 2 rings (SSSR count). The molecule has 1 N–H and O–H groups in total. The fourth-order valence-electron chi connectivity index (χ4n) is 1.91. The quantitative estimate of drug-likeness (QED) is 0.506. The van der Waals surface area contributed by atoms with Gasteiger partial charge in [0.05, 0.1) is 5.71 Å². The van der Waals surface area contributed by atoms with Crippen LogP contribution in [0, 0.1) is 0 Å². The Kier molecular flexibility index (Phi) is 4.77. The summed E-state index contributed by atoms with van der Waals surface area (Å²) in [6, 6.07) is 16.0. The van der Waals surface area contributed by atoms with Crippen LogP contribution in [0.1, 0.15) is 30.5 Å². The molecule has 0 aliphatic carbocycles. The van der Waals surface area contributed by atoms with Gasteiger partial charge in [0.1, 0.15) is 12.4 Å². The highest BCUT2D eigenvalue weighted by molar-refractivity contribution is 5.98. The second-order valence-corrected chi connectivity index (χ2v) is 4.67. The fourth-order valence-corrected chi connectivity index (χ4v) is 1.91. The van der Waals surface area contributed by atoms with Crippen molar-refractivity contribution in [2.45, 2.75) is 26.9 Å². The van der Waals surface area contributed by atoms with E-state index in [0.717, 1.165) is 23.3 Å². The molecule has 0 heterocycles. The molecule has 2 aromatic rings. The Bertz CT molecular complexity index is 588. The lowest BCUT2D eigenvalue weighted by atomic mass is 10.1. The van der Waals surface area contributed by atoms with Crippen LogP contribution in [0.5, 0.6) is 5.75 Å². The minimum absolute atomic E-state index is 0.531. The summed E-state index contributed by atoms with van der Waals surface area (Å²) in [5.74, 6) is 0.769. The molecule has 0 aliphatic heterocycles. The van der Waals surface area contributed by atoms with Crippen LogP contribution in [0.2, 0.25) is 0 Å². The average Bonchev–Trinajstić information content (AvgIpc) is 2.53. The zero-order valence-corrected chi connectivity index (χ0v) is 11.8. The molecule has 0 amide bonds. The summed E-state index contributed by atoms with van der Waals surface area (Å²) in [6.45, 7) is 4.42. The standard InChI is InChI=1S/C17H19NO2/c1-3-14-7-9-15(10-8-14)12-20-17-6-4-5-16(11-17)13(2)18-19/h4-11,19H,3,12H2,1-2H3/b18-13+. The lowest BCUT2D eigenvalue weighted by Crippen LogP contribution is -1.98. The van der Waals surface area contributed by atoms with E-state index in [-0.39, 0.29) is 0 Å². The van der Waals surface area contributed by atoms with Gasteiger partial charge in [0.15, 0.2) is 0 Å². The highest BCUT2D eigenvalue weighted by Crippen LogP contribution is 2.16. The molecular weight excluding hydrogens is 250 g/mol. The first kappa shape index (κ1) is 14.1. The summed E-state index contributed by atoms with van der Waals surface area (Å²) in [5, 5.41) is 12.0. The first-order valence-corrected chi connectivity index (χ1v) is 6.72. The van der Waals surface area contributed by atoms with Gasteiger partial charge < -0.3 is 9.94 Å². The predicted molar refractivity (Wildman–Crippen MR) is 80.6 cm³/mol. The van der Waals surface area contributed by atoms with Crippen LogP contribution in [-0.4, -0.2) is 10.9 Å². The zero-order chi connectivity index (χ0) is 14.4. The Morgan fingerprint density at radius 3 is 2.45 bits per heavy atom. The normalized spacial score (nSPS) is 11.4. The van der Waals surface area contributed by atoms with Crippen LogP contribution < -0.4 is 4.74 Å². The van der Waals surface area contributed by atoms with Crippen LogP contribution in [0.3, 0.4) is 0 Å². The van der Waals surface area contributed by atoms with Gasteiger partial charge in [-0.25, -0.2) is 0 Å². The summed E-state index contributed by atoms with van der Waals surface area (Å²) < 4.78 is 5.76. The van der Waals surface area contributed by atoms with Crippen molar-refractivity contribution in [1.29, 1.82) is 0 Å². The third-order valence-corrected chi connectivity index (χ3v) is 3.24. The van der Waals surface area contributed by atoms with Crippen LogP contribution in [-0.2, 0) is 13.0 Å². The number of ether oxygens (including phenoxy) is 1. The zero-order valence-electron chi connectivity index (χ0n) is 11.8. The maximum atomic E-state index is 8.78. The second kappa shape index (κ2) is 6.75. The molecule has 0 unspecified atom stereocenters. The molecule has 0 spiro atoms.